The lowest BCUT2D eigenvalue weighted by Gasteiger charge is -2.13. The summed E-state index contributed by atoms with van der Waals surface area (Å²) in [6.45, 7) is 2.50. The van der Waals surface area contributed by atoms with Crippen molar-refractivity contribution in [3.05, 3.63) is 69.7 Å². The molecule has 10 heteroatoms. The number of halogens is 6. The third-order valence-electron chi connectivity index (χ3n) is 4.15. The molecule has 158 valence electrons. The molecule has 0 amide bonds. The molecule has 0 saturated carbocycles. The first-order valence-electron chi connectivity index (χ1n) is 8.48. The summed E-state index contributed by atoms with van der Waals surface area (Å²) in [5.41, 5.74) is -0.961. The van der Waals surface area contributed by atoms with Gasteiger partial charge in [0.15, 0.2) is 28.1 Å². The Kier molecular flexibility index (Phi) is 5.98. The predicted molar refractivity (Wildman–Crippen MR) is 100 cm³/mol. The van der Waals surface area contributed by atoms with Crippen LogP contribution in [0.2, 0.25) is 0 Å². The highest BCUT2D eigenvalue weighted by Gasteiger charge is 2.30. The molecule has 4 nitrogen and oxygen atoms in total. The number of hydrogen-bond acceptors (Lipinski definition) is 4. The van der Waals surface area contributed by atoms with Gasteiger partial charge in [-0.3, -0.25) is 4.79 Å². The number of Topliss-reactive ketones (excluding diaryl/α,β-unsaturated/α-hetero) is 1. The van der Waals surface area contributed by atoms with Crippen molar-refractivity contribution < 1.29 is 35.9 Å². The number of ether oxygens (including phenoxy) is 1. The van der Waals surface area contributed by atoms with Crippen LogP contribution in [0.4, 0.5) is 22.0 Å². The third kappa shape index (κ3) is 4.38. The maximum Gasteiger partial charge on any atom is 0.416 e. The fourth-order valence-corrected chi connectivity index (χ4v) is 3.16. The van der Waals surface area contributed by atoms with E-state index in [2.05, 4.69) is 20.9 Å². The van der Waals surface area contributed by atoms with E-state index in [9.17, 15) is 26.7 Å². The van der Waals surface area contributed by atoms with Gasteiger partial charge in [0.2, 0.25) is 5.89 Å². The predicted octanol–water partition coefficient (Wildman–Crippen LogP) is 6.74. The second-order valence-corrected chi connectivity index (χ2v) is 7.02. The number of rotatable bonds is 5. The minimum Gasteiger partial charge on any atom is -0.478 e. The topological polar surface area (TPSA) is 52.3 Å². The van der Waals surface area contributed by atoms with Gasteiger partial charge >= 0.3 is 6.18 Å². The Morgan fingerprint density at radius 1 is 1.13 bits per heavy atom. The molecule has 1 aromatic heterocycles. The molecule has 0 spiro atoms. The fraction of sp³-hybridized carbons (Fsp3) is 0.200. The van der Waals surface area contributed by atoms with Crippen molar-refractivity contribution in [1.82, 2.24) is 4.98 Å². The Hall–Kier alpha value is -2.75. The normalized spacial score (nSPS) is 12.7. The number of carbonyl (C=O) groups excluding carboxylic acids is 1. The lowest BCUT2D eigenvalue weighted by molar-refractivity contribution is -0.137. The van der Waals surface area contributed by atoms with Gasteiger partial charge in [0.25, 0.3) is 0 Å². The molecule has 0 radical (unpaired) electrons. The molecule has 3 rings (SSSR count). The highest BCUT2D eigenvalue weighted by molar-refractivity contribution is 9.10. The van der Waals surface area contributed by atoms with E-state index in [0.29, 0.717) is 5.56 Å². The van der Waals surface area contributed by atoms with Crippen LogP contribution in [0.1, 0.15) is 41.8 Å². The molecule has 30 heavy (non-hydrogen) atoms. The molecule has 0 N–H and O–H groups in total. The minimum absolute atomic E-state index is 0.00938. The number of hydrogen-bond donors (Lipinski definition) is 0. The Bertz CT molecular complexity index is 1090. The molecule has 0 unspecified atom stereocenters. The third-order valence-corrected chi connectivity index (χ3v) is 4.68. The maximum atomic E-state index is 14.4. The zero-order valence-corrected chi connectivity index (χ0v) is 17.1. The van der Waals surface area contributed by atoms with E-state index in [1.54, 1.807) is 0 Å². The molecule has 0 saturated heterocycles. The van der Waals surface area contributed by atoms with Crippen LogP contribution in [0.3, 0.4) is 0 Å². The fourth-order valence-electron chi connectivity index (χ4n) is 2.67. The van der Waals surface area contributed by atoms with Crippen LogP contribution in [-0.2, 0) is 6.18 Å². The number of carbonyl (C=O) groups is 1. The summed E-state index contributed by atoms with van der Waals surface area (Å²) in [4.78, 5) is 15.6. The van der Waals surface area contributed by atoms with Gasteiger partial charge in [0.1, 0.15) is 11.5 Å². The Morgan fingerprint density at radius 2 is 1.77 bits per heavy atom. The van der Waals surface area contributed by atoms with Crippen LogP contribution in [-0.4, -0.2) is 10.8 Å². The van der Waals surface area contributed by atoms with Crippen molar-refractivity contribution in [2.75, 3.05) is 0 Å². The summed E-state index contributed by atoms with van der Waals surface area (Å²) in [5.74, 6) is -3.35. The van der Waals surface area contributed by atoms with Crippen LogP contribution in [0.15, 0.2) is 45.5 Å². The largest absolute Gasteiger partial charge is 0.478 e. The van der Waals surface area contributed by atoms with Crippen LogP contribution in [0.25, 0.3) is 11.3 Å². The lowest BCUT2D eigenvalue weighted by atomic mass is 10.1. The van der Waals surface area contributed by atoms with Crippen molar-refractivity contribution in [3.63, 3.8) is 0 Å². The molecule has 1 heterocycles. The van der Waals surface area contributed by atoms with E-state index in [0.717, 1.165) is 31.2 Å². The molecular formula is C20H13BrF5NO3. The lowest BCUT2D eigenvalue weighted by Crippen LogP contribution is -2.08. The molecule has 0 fully saturated rings. The van der Waals surface area contributed by atoms with Crippen LogP contribution in [0.5, 0.6) is 5.75 Å². The highest BCUT2D eigenvalue weighted by atomic mass is 79.9. The smallest absolute Gasteiger partial charge is 0.416 e. The Balaban J connectivity index is 1.87. The monoisotopic (exact) mass is 489 g/mol. The molecule has 1 atom stereocenters. The van der Waals surface area contributed by atoms with Crippen molar-refractivity contribution in [2.45, 2.75) is 26.1 Å². The Morgan fingerprint density at radius 3 is 2.33 bits per heavy atom. The number of nitrogens with zero attached hydrogens (tertiary/aromatic N) is 1. The minimum atomic E-state index is -4.47. The van der Waals surface area contributed by atoms with Gasteiger partial charge in [-0.15, -0.1) is 0 Å². The average Bonchev–Trinajstić information content (AvgIpc) is 3.05. The van der Waals surface area contributed by atoms with E-state index in [-0.39, 0.29) is 22.0 Å². The molecule has 0 aliphatic carbocycles. The second kappa shape index (κ2) is 8.17. The molecule has 3 aromatic rings. The first-order chi connectivity index (χ1) is 14.0. The SMILES string of the molecule is CC(=O)c1c(F)ccc(O[C@H](C)c2nc(-c3ccc(C(F)(F)F)cc3)c(Br)o2)c1F. The van der Waals surface area contributed by atoms with Gasteiger partial charge in [-0.05, 0) is 54.0 Å². The molecular weight excluding hydrogens is 477 g/mol. The van der Waals surface area contributed by atoms with Gasteiger partial charge in [0.05, 0.1) is 11.1 Å². The van der Waals surface area contributed by atoms with E-state index >= 15 is 0 Å². The molecule has 0 aliphatic heterocycles. The van der Waals surface area contributed by atoms with Crippen molar-refractivity contribution in [3.8, 4) is 17.0 Å². The summed E-state index contributed by atoms with van der Waals surface area (Å²) in [5, 5.41) is 0. The van der Waals surface area contributed by atoms with Crippen LogP contribution < -0.4 is 4.74 Å². The summed E-state index contributed by atoms with van der Waals surface area (Å²) in [6, 6.07) is 6.23. The quantitative estimate of drug-likeness (QED) is 0.294. The molecule has 2 aromatic carbocycles. The van der Waals surface area contributed by atoms with Crippen LogP contribution >= 0.6 is 15.9 Å². The van der Waals surface area contributed by atoms with Gasteiger partial charge in [-0.25, -0.2) is 13.8 Å². The van der Waals surface area contributed by atoms with Gasteiger partial charge in [0, 0.05) is 5.56 Å². The standard InChI is InChI=1S/C20H13BrF5NO3/c1-9(28)15-13(22)7-8-14(16(15)23)29-10(2)19-27-17(18(21)30-19)11-3-5-12(6-4-11)20(24,25)26/h3-8,10H,1-2H3/t10-/m1/s1. The van der Waals surface area contributed by atoms with Crippen molar-refractivity contribution in [1.29, 1.82) is 0 Å². The summed E-state index contributed by atoms with van der Waals surface area (Å²) in [7, 11) is 0. The maximum absolute atomic E-state index is 14.4. The second-order valence-electron chi connectivity index (χ2n) is 6.30. The van der Waals surface area contributed by atoms with Gasteiger partial charge < -0.3 is 9.15 Å². The summed E-state index contributed by atoms with van der Waals surface area (Å²) >= 11 is 3.15. The first kappa shape index (κ1) is 21.9. The molecule has 0 bridgehead atoms. The van der Waals surface area contributed by atoms with Crippen molar-refractivity contribution >= 4 is 21.7 Å². The average molecular weight is 490 g/mol. The number of aromatic nitrogens is 1. The van der Waals surface area contributed by atoms with Crippen LogP contribution in [0, 0.1) is 11.6 Å². The van der Waals surface area contributed by atoms with Gasteiger partial charge in [-0.1, -0.05) is 12.1 Å². The van der Waals surface area contributed by atoms with E-state index in [4.69, 9.17) is 9.15 Å². The molecule has 0 aliphatic rings. The Labute approximate surface area is 175 Å². The number of ketones is 1. The zero-order chi connectivity index (χ0) is 22.2. The van der Waals surface area contributed by atoms with Crippen molar-refractivity contribution in [2.24, 2.45) is 0 Å². The first-order valence-corrected chi connectivity index (χ1v) is 9.27. The zero-order valence-electron chi connectivity index (χ0n) is 15.5. The van der Waals surface area contributed by atoms with E-state index in [1.807, 2.05) is 0 Å². The summed E-state index contributed by atoms with van der Waals surface area (Å²) < 4.78 is 77.2. The van der Waals surface area contributed by atoms with Gasteiger partial charge in [-0.2, -0.15) is 13.2 Å². The number of alkyl halides is 3. The number of oxazole rings is 1. The highest BCUT2D eigenvalue weighted by Crippen LogP contribution is 2.35. The van der Waals surface area contributed by atoms with E-state index < -0.39 is 40.8 Å². The number of benzene rings is 2. The summed E-state index contributed by atoms with van der Waals surface area (Å²) in [6.07, 6.45) is -5.42. The van der Waals surface area contributed by atoms with E-state index in [1.165, 1.54) is 19.1 Å².